The van der Waals surface area contributed by atoms with Crippen molar-refractivity contribution in [3.05, 3.63) is 28.9 Å². The van der Waals surface area contributed by atoms with Crippen LogP contribution in [0.4, 0.5) is 24.7 Å². The van der Waals surface area contributed by atoms with E-state index >= 15 is 0 Å². The van der Waals surface area contributed by atoms with E-state index in [0.717, 1.165) is 37.5 Å². The van der Waals surface area contributed by atoms with Gasteiger partial charge in [0.25, 0.3) is 0 Å². The van der Waals surface area contributed by atoms with Gasteiger partial charge in [0.2, 0.25) is 5.88 Å². The molecule has 1 fully saturated rings. The zero-order valence-corrected chi connectivity index (χ0v) is 13.9. The maximum Gasteiger partial charge on any atom is 0.417 e. The van der Waals surface area contributed by atoms with Crippen molar-refractivity contribution in [2.45, 2.75) is 18.6 Å². The van der Waals surface area contributed by atoms with Crippen LogP contribution in [0.3, 0.4) is 0 Å². The zero-order valence-electron chi connectivity index (χ0n) is 13.2. The fourth-order valence-corrected chi connectivity index (χ4v) is 3.49. The number of fused-ring (bicyclic) bond motifs is 4. The Kier molecular flexibility index (Phi) is 3.68. The second-order valence-corrected chi connectivity index (χ2v) is 6.45. The lowest BCUT2D eigenvalue weighted by Gasteiger charge is -2.28. The van der Waals surface area contributed by atoms with Crippen molar-refractivity contribution in [2.75, 3.05) is 30.4 Å². The summed E-state index contributed by atoms with van der Waals surface area (Å²) in [5.74, 6) is 0.661. The number of methoxy groups -OCH3 is 1. The SMILES string of the molecule is COc1ncc(C(F)(F)F)cc1-c1nc2c(cc1Cl)N1CC[C@@H](C1)N2. The van der Waals surface area contributed by atoms with E-state index in [2.05, 4.69) is 20.2 Å². The second-order valence-electron chi connectivity index (χ2n) is 6.04. The van der Waals surface area contributed by atoms with Crippen molar-refractivity contribution in [3.63, 3.8) is 0 Å². The maximum absolute atomic E-state index is 13.1. The molecule has 1 saturated heterocycles. The molecule has 2 bridgehead atoms. The van der Waals surface area contributed by atoms with E-state index < -0.39 is 11.7 Å². The summed E-state index contributed by atoms with van der Waals surface area (Å²) in [6, 6.07) is 2.98. The van der Waals surface area contributed by atoms with Gasteiger partial charge in [0.1, 0.15) is 0 Å². The third-order valence-corrected chi connectivity index (χ3v) is 4.74. The molecule has 0 amide bonds. The molecule has 132 valence electrons. The predicted octanol–water partition coefficient (Wildman–Crippen LogP) is 3.83. The van der Waals surface area contributed by atoms with E-state index in [-0.39, 0.29) is 28.2 Å². The fourth-order valence-electron chi connectivity index (χ4n) is 3.25. The first-order chi connectivity index (χ1) is 11.9. The largest absolute Gasteiger partial charge is 0.481 e. The molecule has 0 aliphatic carbocycles. The lowest BCUT2D eigenvalue weighted by molar-refractivity contribution is -0.137. The summed E-state index contributed by atoms with van der Waals surface area (Å²) in [6.07, 6.45) is -2.80. The molecule has 2 aliphatic rings. The molecule has 25 heavy (non-hydrogen) atoms. The summed E-state index contributed by atoms with van der Waals surface area (Å²) in [4.78, 5) is 10.4. The maximum atomic E-state index is 13.1. The van der Waals surface area contributed by atoms with Crippen LogP contribution in [0.1, 0.15) is 12.0 Å². The van der Waals surface area contributed by atoms with Crippen LogP contribution < -0.4 is 15.0 Å². The van der Waals surface area contributed by atoms with Crippen LogP contribution in [-0.4, -0.2) is 36.2 Å². The Bertz CT molecular complexity index is 843. The minimum Gasteiger partial charge on any atom is -0.481 e. The molecule has 0 spiro atoms. The third kappa shape index (κ3) is 2.74. The second kappa shape index (κ2) is 5.66. The van der Waals surface area contributed by atoms with Gasteiger partial charge in [-0.1, -0.05) is 11.6 Å². The number of nitrogens with one attached hydrogen (secondary N) is 1. The topological polar surface area (TPSA) is 50.3 Å². The Hall–Kier alpha value is -2.22. The number of aromatic nitrogens is 2. The summed E-state index contributed by atoms with van der Waals surface area (Å²) < 4.78 is 44.3. The van der Waals surface area contributed by atoms with Gasteiger partial charge in [0.05, 0.1) is 34.6 Å². The average molecular weight is 371 g/mol. The molecule has 0 unspecified atom stereocenters. The van der Waals surface area contributed by atoms with Crippen LogP contribution in [0.25, 0.3) is 11.3 Å². The Balaban J connectivity index is 1.86. The number of alkyl halides is 3. The van der Waals surface area contributed by atoms with E-state index in [9.17, 15) is 13.2 Å². The van der Waals surface area contributed by atoms with Crippen LogP contribution in [-0.2, 0) is 6.18 Å². The van der Waals surface area contributed by atoms with Gasteiger partial charge < -0.3 is 15.0 Å². The first-order valence-electron chi connectivity index (χ1n) is 7.70. The van der Waals surface area contributed by atoms with Gasteiger partial charge in [-0.2, -0.15) is 13.2 Å². The number of pyridine rings is 2. The van der Waals surface area contributed by atoms with Crippen LogP contribution in [0.15, 0.2) is 18.3 Å². The van der Waals surface area contributed by atoms with Crippen molar-refractivity contribution >= 4 is 23.1 Å². The first-order valence-corrected chi connectivity index (χ1v) is 8.08. The summed E-state index contributed by atoms with van der Waals surface area (Å²) in [6.45, 7) is 1.77. The number of hydrogen-bond acceptors (Lipinski definition) is 5. The molecule has 9 heteroatoms. The van der Waals surface area contributed by atoms with Gasteiger partial charge in [0.15, 0.2) is 5.82 Å². The highest BCUT2D eigenvalue weighted by Gasteiger charge is 2.34. The minimum atomic E-state index is -4.52. The summed E-state index contributed by atoms with van der Waals surface area (Å²) in [7, 11) is 1.34. The van der Waals surface area contributed by atoms with Crippen molar-refractivity contribution in [1.29, 1.82) is 0 Å². The number of rotatable bonds is 2. The standard InChI is InChI=1S/C16H14ClF3N4O/c1-25-15-10(4-8(6-21-15)16(18,19)20)13-11(17)5-12-14(23-13)22-9-2-3-24(12)7-9/h4-6,9H,2-3,7H2,1H3,(H,22,23)/t9-/m0/s1. The smallest absolute Gasteiger partial charge is 0.417 e. The number of anilines is 2. The molecule has 4 rings (SSSR count). The van der Waals surface area contributed by atoms with E-state index in [1.54, 1.807) is 6.07 Å². The van der Waals surface area contributed by atoms with Gasteiger partial charge in [-0.3, -0.25) is 0 Å². The molecule has 5 nitrogen and oxygen atoms in total. The molecule has 1 N–H and O–H groups in total. The van der Waals surface area contributed by atoms with Crippen molar-refractivity contribution < 1.29 is 17.9 Å². The first kappa shape index (κ1) is 16.3. The Morgan fingerprint density at radius 1 is 1.36 bits per heavy atom. The summed E-state index contributed by atoms with van der Waals surface area (Å²) in [5, 5.41) is 3.57. The number of halogens is 4. The zero-order chi connectivity index (χ0) is 17.8. The van der Waals surface area contributed by atoms with Crippen LogP contribution in [0, 0.1) is 0 Å². The molecular weight excluding hydrogens is 357 g/mol. The minimum absolute atomic E-state index is 0.0430. The molecule has 4 heterocycles. The highest BCUT2D eigenvalue weighted by atomic mass is 35.5. The third-order valence-electron chi connectivity index (χ3n) is 4.45. The Labute approximate surface area is 146 Å². The monoisotopic (exact) mass is 370 g/mol. The van der Waals surface area contributed by atoms with E-state index in [1.807, 2.05) is 0 Å². The number of hydrogen-bond donors (Lipinski definition) is 1. The number of ether oxygens (including phenoxy) is 1. The molecular formula is C16H14ClF3N4O. The van der Waals surface area contributed by atoms with Gasteiger partial charge in [-0.15, -0.1) is 0 Å². The van der Waals surface area contributed by atoms with Gasteiger partial charge in [-0.05, 0) is 18.6 Å². The fraction of sp³-hybridized carbons (Fsp3) is 0.375. The van der Waals surface area contributed by atoms with E-state index in [1.165, 1.54) is 7.11 Å². The lowest BCUT2D eigenvalue weighted by atomic mass is 10.1. The van der Waals surface area contributed by atoms with Gasteiger partial charge in [0, 0.05) is 25.3 Å². The molecule has 1 atom stereocenters. The quantitative estimate of drug-likeness (QED) is 0.870. The van der Waals surface area contributed by atoms with Crippen molar-refractivity contribution in [2.24, 2.45) is 0 Å². The van der Waals surface area contributed by atoms with E-state index in [4.69, 9.17) is 16.3 Å². The lowest BCUT2D eigenvalue weighted by Crippen LogP contribution is -2.32. The van der Waals surface area contributed by atoms with Gasteiger partial charge in [-0.25, -0.2) is 9.97 Å². The molecule has 2 aromatic rings. The molecule has 2 aromatic heterocycles. The summed E-state index contributed by atoms with van der Waals surface area (Å²) >= 11 is 6.35. The van der Waals surface area contributed by atoms with Crippen molar-refractivity contribution in [1.82, 2.24) is 9.97 Å². The Morgan fingerprint density at radius 3 is 2.88 bits per heavy atom. The number of nitrogens with zero attached hydrogens (tertiary/aromatic N) is 3. The molecule has 0 aromatic carbocycles. The van der Waals surface area contributed by atoms with Gasteiger partial charge >= 0.3 is 6.18 Å². The van der Waals surface area contributed by atoms with Crippen LogP contribution in [0.2, 0.25) is 5.02 Å². The molecule has 0 radical (unpaired) electrons. The normalized spacial score (nSPS) is 18.8. The average Bonchev–Trinajstić information content (AvgIpc) is 2.96. The highest BCUT2D eigenvalue weighted by molar-refractivity contribution is 6.33. The Morgan fingerprint density at radius 2 is 2.16 bits per heavy atom. The summed E-state index contributed by atoms with van der Waals surface area (Å²) in [5.41, 5.74) is 0.308. The van der Waals surface area contributed by atoms with E-state index in [0.29, 0.717) is 5.82 Å². The highest BCUT2D eigenvalue weighted by Crippen LogP contribution is 2.42. The van der Waals surface area contributed by atoms with Crippen LogP contribution >= 0.6 is 11.6 Å². The molecule has 0 saturated carbocycles. The van der Waals surface area contributed by atoms with Crippen LogP contribution in [0.5, 0.6) is 5.88 Å². The molecule has 2 aliphatic heterocycles. The predicted molar refractivity (Wildman–Crippen MR) is 88.3 cm³/mol. The van der Waals surface area contributed by atoms with Crippen molar-refractivity contribution in [3.8, 4) is 17.1 Å².